The lowest BCUT2D eigenvalue weighted by atomic mass is 9.75. The third-order valence-corrected chi connectivity index (χ3v) is 5.52. The molecular formula is C17H29NO3. The lowest BCUT2D eigenvalue weighted by Crippen LogP contribution is -2.56. The van der Waals surface area contributed by atoms with E-state index in [1.54, 1.807) is 0 Å². The van der Waals surface area contributed by atoms with Crippen LogP contribution < -0.4 is 5.32 Å². The van der Waals surface area contributed by atoms with Crippen LogP contribution >= 0.6 is 0 Å². The fourth-order valence-corrected chi connectivity index (χ4v) is 3.94. The molecule has 0 heterocycles. The van der Waals surface area contributed by atoms with Crippen LogP contribution in [0.2, 0.25) is 0 Å². The van der Waals surface area contributed by atoms with Crippen molar-refractivity contribution < 1.29 is 14.7 Å². The van der Waals surface area contributed by atoms with Crippen molar-refractivity contribution in [2.75, 3.05) is 0 Å². The molecule has 0 aromatic heterocycles. The van der Waals surface area contributed by atoms with Crippen LogP contribution in [-0.2, 0) is 9.59 Å². The predicted molar refractivity (Wildman–Crippen MR) is 82.0 cm³/mol. The van der Waals surface area contributed by atoms with Crippen molar-refractivity contribution in [3.63, 3.8) is 0 Å². The van der Waals surface area contributed by atoms with E-state index in [1.165, 1.54) is 19.3 Å². The van der Waals surface area contributed by atoms with E-state index < -0.39 is 11.5 Å². The topological polar surface area (TPSA) is 66.4 Å². The first kappa shape index (κ1) is 16.3. The Labute approximate surface area is 127 Å². The molecule has 0 spiro atoms. The monoisotopic (exact) mass is 295 g/mol. The van der Waals surface area contributed by atoms with E-state index in [4.69, 9.17) is 0 Å². The number of carbonyl (C=O) groups is 2. The maximum absolute atomic E-state index is 12.3. The first-order valence-corrected chi connectivity index (χ1v) is 8.60. The SMILES string of the molecule is CCC1CCC(NC(=O)CC2CCCCC2)(C(=O)O)CC1. The molecule has 0 aliphatic heterocycles. The van der Waals surface area contributed by atoms with Gasteiger partial charge in [-0.1, -0.05) is 32.6 Å². The zero-order valence-corrected chi connectivity index (χ0v) is 13.2. The van der Waals surface area contributed by atoms with Gasteiger partial charge in [0.05, 0.1) is 0 Å². The van der Waals surface area contributed by atoms with Crippen LogP contribution in [0, 0.1) is 11.8 Å². The molecule has 0 unspecified atom stereocenters. The molecule has 2 rings (SSSR count). The van der Waals surface area contributed by atoms with Crippen molar-refractivity contribution in [2.45, 2.75) is 83.1 Å². The normalized spacial score (nSPS) is 30.8. The molecule has 1 amide bonds. The Hall–Kier alpha value is -1.06. The lowest BCUT2D eigenvalue weighted by Gasteiger charge is -2.37. The standard InChI is InChI=1S/C17H29NO3/c1-2-13-8-10-17(11-9-13,16(20)21)18-15(19)12-14-6-4-3-5-7-14/h13-14H,2-12H2,1H3,(H,18,19)(H,20,21). The number of nitrogens with one attached hydrogen (secondary N) is 1. The lowest BCUT2D eigenvalue weighted by molar-refractivity contribution is -0.150. The molecule has 120 valence electrons. The summed E-state index contributed by atoms with van der Waals surface area (Å²) in [6.45, 7) is 2.15. The van der Waals surface area contributed by atoms with Crippen molar-refractivity contribution in [3.05, 3.63) is 0 Å². The van der Waals surface area contributed by atoms with Crippen LogP contribution in [0.25, 0.3) is 0 Å². The maximum Gasteiger partial charge on any atom is 0.329 e. The van der Waals surface area contributed by atoms with Crippen LogP contribution in [0.1, 0.15) is 77.6 Å². The number of amides is 1. The quantitative estimate of drug-likeness (QED) is 0.816. The number of carboxylic acid groups (broad SMARTS) is 1. The van der Waals surface area contributed by atoms with Crippen molar-refractivity contribution >= 4 is 11.9 Å². The van der Waals surface area contributed by atoms with Crippen LogP contribution in [0.4, 0.5) is 0 Å². The Morgan fingerprint density at radius 1 is 1.05 bits per heavy atom. The summed E-state index contributed by atoms with van der Waals surface area (Å²) >= 11 is 0. The van der Waals surface area contributed by atoms with Crippen LogP contribution in [0.15, 0.2) is 0 Å². The minimum absolute atomic E-state index is 0.0563. The molecule has 4 nitrogen and oxygen atoms in total. The van der Waals surface area contributed by atoms with Crippen molar-refractivity contribution in [3.8, 4) is 0 Å². The van der Waals surface area contributed by atoms with Crippen LogP contribution in [0.3, 0.4) is 0 Å². The molecule has 0 aromatic rings. The molecule has 0 bridgehead atoms. The molecule has 2 aliphatic rings. The molecule has 2 N–H and O–H groups in total. The second-order valence-electron chi connectivity index (χ2n) is 7.00. The highest BCUT2D eigenvalue weighted by Gasteiger charge is 2.43. The second-order valence-corrected chi connectivity index (χ2v) is 7.00. The Morgan fingerprint density at radius 2 is 1.67 bits per heavy atom. The van der Waals surface area contributed by atoms with Crippen molar-refractivity contribution in [1.82, 2.24) is 5.32 Å². The van der Waals surface area contributed by atoms with Gasteiger partial charge < -0.3 is 10.4 Å². The number of carboxylic acids is 1. The van der Waals surface area contributed by atoms with E-state index >= 15 is 0 Å². The molecule has 2 saturated carbocycles. The van der Waals surface area contributed by atoms with Gasteiger partial charge in [0, 0.05) is 6.42 Å². The largest absolute Gasteiger partial charge is 0.480 e. The number of hydrogen-bond acceptors (Lipinski definition) is 2. The molecule has 2 aliphatic carbocycles. The molecule has 0 radical (unpaired) electrons. The third kappa shape index (κ3) is 4.21. The van der Waals surface area contributed by atoms with Gasteiger partial charge in [-0.15, -0.1) is 0 Å². The van der Waals surface area contributed by atoms with Crippen molar-refractivity contribution in [1.29, 1.82) is 0 Å². The average Bonchev–Trinajstić information content (AvgIpc) is 2.48. The van der Waals surface area contributed by atoms with E-state index in [2.05, 4.69) is 12.2 Å². The van der Waals surface area contributed by atoms with Gasteiger partial charge in [0.15, 0.2) is 0 Å². The zero-order valence-electron chi connectivity index (χ0n) is 13.2. The Kier molecular flexibility index (Phi) is 5.65. The molecule has 4 heteroatoms. The number of hydrogen-bond donors (Lipinski definition) is 2. The fourth-order valence-electron chi connectivity index (χ4n) is 3.94. The van der Waals surface area contributed by atoms with E-state index in [9.17, 15) is 14.7 Å². The molecule has 0 atom stereocenters. The second kappa shape index (κ2) is 7.28. The van der Waals surface area contributed by atoms with Gasteiger partial charge in [0.2, 0.25) is 5.91 Å². The molecule has 2 fully saturated rings. The average molecular weight is 295 g/mol. The van der Waals surface area contributed by atoms with E-state index in [1.807, 2.05) is 0 Å². The summed E-state index contributed by atoms with van der Waals surface area (Å²) in [5.41, 5.74) is -1.00. The molecular weight excluding hydrogens is 266 g/mol. The minimum atomic E-state index is -1.00. The molecule has 0 saturated heterocycles. The highest BCUT2D eigenvalue weighted by Crippen LogP contribution is 2.34. The molecule has 0 aromatic carbocycles. The van der Waals surface area contributed by atoms with Gasteiger partial charge in [0.1, 0.15) is 5.54 Å². The van der Waals surface area contributed by atoms with Gasteiger partial charge in [0.25, 0.3) is 0 Å². The summed E-state index contributed by atoms with van der Waals surface area (Å²) < 4.78 is 0. The smallest absolute Gasteiger partial charge is 0.329 e. The summed E-state index contributed by atoms with van der Waals surface area (Å²) in [5.74, 6) is 0.164. The first-order valence-electron chi connectivity index (χ1n) is 8.60. The third-order valence-electron chi connectivity index (χ3n) is 5.52. The van der Waals surface area contributed by atoms with Gasteiger partial charge in [-0.3, -0.25) is 4.79 Å². The van der Waals surface area contributed by atoms with Gasteiger partial charge in [-0.2, -0.15) is 0 Å². The minimum Gasteiger partial charge on any atom is -0.480 e. The Balaban J connectivity index is 1.90. The van der Waals surface area contributed by atoms with E-state index in [0.29, 0.717) is 31.1 Å². The summed E-state index contributed by atoms with van der Waals surface area (Å²) in [6, 6.07) is 0. The maximum atomic E-state index is 12.3. The highest BCUT2D eigenvalue weighted by atomic mass is 16.4. The van der Waals surface area contributed by atoms with E-state index in [-0.39, 0.29) is 5.91 Å². The summed E-state index contributed by atoms with van der Waals surface area (Å²) in [5, 5.41) is 12.5. The number of aliphatic carboxylic acids is 1. The molecule has 21 heavy (non-hydrogen) atoms. The summed E-state index contributed by atoms with van der Waals surface area (Å²) in [6.07, 6.45) is 10.5. The van der Waals surface area contributed by atoms with Gasteiger partial charge >= 0.3 is 5.97 Å². The first-order chi connectivity index (χ1) is 10.1. The van der Waals surface area contributed by atoms with Crippen LogP contribution in [-0.4, -0.2) is 22.5 Å². The van der Waals surface area contributed by atoms with Gasteiger partial charge in [-0.25, -0.2) is 4.79 Å². The Morgan fingerprint density at radius 3 is 2.19 bits per heavy atom. The predicted octanol–water partition coefficient (Wildman–Crippen LogP) is 3.50. The van der Waals surface area contributed by atoms with Crippen molar-refractivity contribution in [2.24, 2.45) is 11.8 Å². The fraction of sp³-hybridized carbons (Fsp3) is 0.882. The van der Waals surface area contributed by atoms with E-state index in [0.717, 1.165) is 32.1 Å². The summed E-state index contributed by atoms with van der Waals surface area (Å²) in [4.78, 5) is 24.0. The Bertz CT molecular complexity index is 366. The number of rotatable bonds is 5. The van der Waals surface area contributed by atoms with Gasteiger partial charge in [-0.05, 0) is 50.4 Å². The van der Waals surface area contributed by atoms with Crippen LogP contribution in [0.5, 0.6) is 0 Å². The zero-order chi connectivity index (χ0) is 15.3. The number of carbonyl (C=O) groups excluding carboxylic acids is 1. The highest BCUT2D eigenvalue weighted by molar-refractivity contribution is 5.87. The summed E-state index contributed by atoms with van der Waals surface area (Å²) in [7, 11) is 0.